The van der Waals surface area contributed by atoms with Crippen LogP contribution in [0.25, 0.3) is 0 Å². The number of nitrogen functional groups attached to an aromatic ring is 1. The number of hydrogen-bond donors (Lipinski definition) is 1. The third kappa shape index (κ3) is 8.13. The van der Waals surface area contributed by atoms with E-state index >= 15 is 0 Å². The maximum Gasteiger partial charge on any atom is 0.0367 e. The van der Waals surface area contributed by atoms with Gasteiger partial charge in [0.15, 0.2) is 0 Å². The third-order valence-corrected chi connectivity index (χ3v) is 5.51. The summed E-state index contributed by atoms with van der Waals surface area (Å²) in [5, 5.41) is 0. The second-order valence-electron chi connectivity index (χ2n) is 8.11. The van der Waals surface area contributed by atoms with Crippen molar-refractivity contribution in [3.8, 4) is 0 Å². The second kappa shape index (κ2) is 11.4. The Morgan fingerprint density at radius 2 is 1.52 bits per heavy atom. The maximum atomic E-state index is 5.78. The lowest BCUT2D eigenvalue weighted by atomic mass is 9.99. The quantitative estimate of drug-likeness (QED) is 0.419. The summed E-state index contributed by atoms with van der Waals surface area (Å²) in [6.07, 6.45) is 14.1. The predicted octanol–water partition coefficient (Wildman–Crippen LogP) is 5.17. The summed E-state index contributed by atoms with van der Waals surface area (Å²) in [5.74, 6) is 0.892. The minimum Gasteiger partial charge on any atom is -0.399 e. The van der Waals surface area contributed by atoms with E-state index in [1.165, 1.54) is 89.5 Å². The molecule has 0 amide bonds. The zero-order valence-electron chi connectivity index (χ0n) is 16.6. The molecular formula is C22H39N3. The fourth-order valence-corrected chi connectivity index (χ4v) is 3.91. The smallest absolute Gasteiger partial charge is 0.0367 e. The van der Waals surface area contributed by atoms with Crippen molar-refractivity contribution in [1.82, 2.24) is 4.90 Å². The standard InChI is InChI=1S/C22H39N3/c1-24(2)17-10-8-6-4-3-5-7-9-11-20-16-18-25(19-20)22-14-12-21(23)13-15-22/h12-15,20H,3-11,16-19,23H2,1-2H3. The van der Waals surface area contributed by atoms with E-state index in [0.717, 1.165) is 11.6 Å². The summed E-state index contributed by atoms with van der Waals surface area (Å²) in [6, 6.07) is 8.36. The summed E-state index contributed by atoms with van der Waals surface area (Å²) < 4.78 is 0. The minimum atomic E-state index is 0.859. The van der Waals surface area contributed by atoms with Gasteiger partial charge in [0.25, 0.3) is 0 Å². The van der Waals surface area contributed by atoms with Crippen molar-refractivity contribution in [3.63, 3.8) is 0 Å². The maximum absolute atomic E-state index is 5.78. The molecule has 142 valence electrons. The molecule has 2 N–H and O–H groups in total. The Hall–Kier alpha value is -1.22. The molecule has 0 bridgehead atoms. The van der Waals surface area contributed by atoms with Gasteiger partial charge in [0.05, 0.1) is 0 Å². The van der Waals surface area contributed by atoms with Gasteiger partial charge in [-0.1, -0.05) is 44.9 Å². The monoisotopic (exact) mass is 345 g/mol. The molecule has 2 rings (SSSR count). The molecular weight excluding hydrogens is 306 g/mol. The molecule has 1 aliphatic heterocycles. The predicted molar refractivity (Wildman–Crippen MR) is 111 cm³/mol. The number of benzene rings is 1. The lowest BCUT2D eigenvalue weighted by molar-refractivity contribution is 0.389. The zero-order valence-corrected chi connectivity index (χ0v) is 16.6. The minimum absolute atomic E-state index is 0.859. The van der Waals surface area contributed by atoms with E-state index in [1.54, 1.807) is 0 Å². The number of rotatable bonds is 12. The van der Waals surface area contributed by atoms with E-state index < -0.39 is 0 Å². The summed E-state index contributed by atoms with van der Waals surface area (Å²) in [6.45, 7) is 3.69. The van der Waals surface area contributed by atoms with Crippen molar-refractivity contribution in [3.05, 3.63) is 24.3 Å². The van der Waals surface area contributed by atoms with Gasteiger partial charge >= 0.3 is 0 Å². The molecule has 1 atom stereocenters. The van der Waals surface area contributed by atoms with Crippen LogP contribution in [0.15, 0.2) is 24.3 Å². The first-order valence-electron chi connectivity index (χ1n) is 10.4. The molecule has 0 radical (unpaired) electrons. The van der Waals surface area contributed by atoms with Gasteiger partial charge in [0, 0.05) is 24.5 Å². The van der Waals surface area contributed by atoms with Crippen molar-refractivity contribution >= 4 is 11.4 Å². The molecule has 1 saturated heterocycles. The topological polar surface area (TPSA) is 32.5 Å². The Morgan fingerprint density at radius 1 is 0.920 bits per heavy atom. The van der Waals surface area contributed by atoms with Crippen molar-refractivity contribution < 1.29 is 0 Å². The van der Waals surface area contributed by atoms with E-state index in [9.17, 15) is 0 Å². The van der Waals surface area contributed by atoms with Crippen LogP contribution in [-0.2, 0) is 0 Å². The lowest BCUT2D eigenvalue weighted by Crippen LogP contribution is -2.19. The Labute approximate surface area is 155 Å². The Balaban J connectivity index is 1.45. The number of nitrogens with zero attached hydrogens (tertiary/aromatic N) is 2. The highest BCUT2D eigenvalue weighted by Crippen LogP contribution is 2.27. The van der Waals surface area contributed by atoms with Crippen LogP contribution >= 0.6 is 0 Å². The van der Waals surface area contributed by atoms with E-state index in [2.05, 4.69) is 36.0 Å². The Bertz CT molecular complexity index is 455. The number of unbranched alkanes of at least 4 members (excludes halogenated alkanes) is 7. The molecule has 0 aliphatic carbocycles. The van der Waals surface area contributed by atoms with Crippen LogP contribution in [0.1, 0.15) is 64.2 Å². The van der Waals surface area contributed by atoms with Crippen molar-refractivity contribution in [2.45, 2.75) is 64.2 Å². The molecule has 1 heterocycles. The van der Waals surface area contributed by atoms with Crippen molar-refractivity contribution in [1.29, 1.82) is 0 Å². The summed E-state index contributed by atoms with van der Waals surface area (Å²) >= 11 is 0. The summed E-state index contributed by atoms with van der Waals surface area (Å²) in [4.78, 5) is 4.81. The van der Waals surface area contributed by atoms with Gasteiger partial charge in [-0.05, 0) is 70.1 Å². The Morgan fingerprint density at radius 3 is 2.16 bits per heavy atom. The summed E-state index contributed by atoms with van der Waals surface area (Å²) in [7, 11) is 4.33. The lowest BCUT2D eigenvalue weighted by Gasteiger charge is -2.18. The second-order valence-corrected chi connectivity index (χ2v) is 8.11. The largest absolute Gasteiger partial charge is 0.399 e. The molecule has 3 nitrogen and oxygen atoms in total. The highest BCUT2D eigenvalue weighted by Gasteiger charge is 2.21. The van der Waals surface area contributed by atoms with Crippen LogP contribution in [0.4, 0.5) is 11.4 Å². The molecule has 0 aromatic heterocycles. The first kappa shape index (κ1) is 20.1. The van der Waals surface area contributed by atoms with Crippen LogP contribution in [0.2, 0.25) is 0 Å². The third-order valence-electron chi connectivity index (χ3n) is 5.51. The molecule has 25 heavy (non-hydrogen) atoms. The van der Waals surface area contributed by atoms with E-state index in [4.69, 9.17) is 5.73 Å². The zero-order chi connectivity index (χ0) is 17.9. The average Bonchev–Trinajstić information content (AvgIpc) is 3.06. The average molecular weight is 346 g/mol. The molecule has 3 heteroatoms. The van der Waals surface area contributed by atoms with Gasteiger partial charge in [0.1, 0.15) is 0 Å². The van der Waals surface area contributed by atoms with Gasteiger partial charge < -0.3 is 15.5 Å². The number of nitrogens with two attached hydrogens (primary N) is 1. The fourth-order valence-electron chi connectivity index (χ4n) is 3.91. The first-order chi connectivity index (χ1) is 12.1. The van der Waals surface area contributed by atoms with E-state index in [0.29, 0.717) is 0 Å². The van der Waals surface area contributed by atoms with Crippen LogP contribution in [0, 0.1) is 5.92 Å². The number of anilines is 2. The number of hydrogen-bond acceptors (Lipinski definition) is 3. The Kier molecular flexibility index (Phi) is 9.17. The van der Waals surface area contributed by atoms with Crippen LogP contribution in [0.3, 0.4) is 0 Å². The summed E-state index contributed by atoms with van der Waals surface area (Å²) in [5.41, 5.74) is 7.98. The normalized spacial score (nSPS) is 17.6. The first-order valence-corrected chi connectivity index (χ1v) is 10.4. The highest BCUT2D eigenvalue weighted by atomic mass is 15.1. The van der Waals surface area contributed by atoms with Gasteiger partial charge in [-0.3, -0.25) is 0 Å². The van der Waals surface area contributed by atoms with E-state index in [-0.39, 0.29) is 0 Å². The van der Waals surface area contributed by atoms with Crippen molar-refractivity contribution in [2.24, 2.45) is 5.92 Å². The van der Waals surface area contributed by atoms with Crippen molar-refractivity contribution in [2.75, 3.05) is 44.4 Å². The SMILES string of the molecule is CN(C)CCCCCCCCCCC1CCN(c2ccc(N)cc2)C1. The molecule has 1 fully saturated rings. The van der Waals surface area contributed by atoms with Crippen LogP contribution in [0.5, 0.6) is 0 Å². The highest BCUT2D eigenvalue weighted by molar-refractivity contribution is 5.53. The molecule has 0 saturated carbocycles. The van der Waals surface area contributed by atoms with E-state index in [1.807, 2.05) is 12.1 Å². The van der Waals surface area contributed by atoms with Crippen LogP contribution in [-0.4, -0.2) is 38.6 Å². The molecule has 1 unspecified atom stereocenters. The van der Waals surface area contributed by atoms with Gasteiger partial charge in [-0.2, -0.15) is 0 Å². The molecule has 1 aromatic carbocycles. The van der Waals surface area contributed by atoms with Gasteiger partial charge in [-0.15, -0.1) is 0 Å². The van der Waals surface area contributed by atoms with Crippen LogP contribution < -0.4 is 10.6 Å². The van der Waals surface area contributed by atoms with Gasteiger partial charge in [0.2, 0.25) is 0 Å². The van der Waals surface area contributed by atoms with Gasteiger partial charge in [-0.25, -0.2) is 0 Å². The molecule has 1 aromatic rings. The molecule has 1 aliphatic rings. The molecule has 0 spiro atoms. The fraction of sp³-hybridized carbons (Fsp3) is 0.727.